The molecule has 0 radical (unpaired) electrons. The average Bonchev–Trinajstić information content (AvgIpc) is 2.44. The molecule has 0 aliphatic heterocycles. The van der Waals surface area contributed by atoms with Crippen molar-refractivity contribution in [1.29, 1.82) is 0 Å². The number of anilines is 1. The van der Waals surface area contributed by atoms with Crippen LogP contribution < -0.4 is 11.1 Å². The van der Waals surface area contributed by atoms with E-state index in [4.69, 9.17) is 5.73 Å². The van der Waals surface area contributed by atoms with Crippen LogP contribution in [0.15, 0.2) is 36.4 Å². The minimum Gasteiger partial charge on any atom is -0.326 e. The molecule has 1 amide bonds. The van der Waals surface area contributed by atoms with Crippen LogP contribution in [0.4, 0.5) is 18.9 Å². The Morgan fingerprint density at radius 2 is 1.81 bits per heavy atom. The highest BCUT2D eigenvalue weighted by atomic mass is 19.1. The lowest BCUT2D eigenvalue weighted by Crippen LogP contribution is -2.16. The zero-order valence-electron chi connectivity index (χ0n) is 11.0. The molecule has 21 heavy (non-hydrogen) atoms. The molecular weight excluding hydrogens is 281 g/mol. The first-order chi connectivity index (χ1) is 9.99. The third-order valence-electron chi connectivity index (χ3n) is 2.91. The summed E-state index contributed by atoms with van der Waals surface area (Å²) in [6.07, 6.45) is -0.315. The van der Waals surface area contributed by atoms with Gasteiger partial charge in [0, 0.05) is 12.6 Å². The Hall–Kier alpha value is -2.34. The average molecular weight is 294 g/mol. The van der Waals surface area contributed by atoms with Crippen molar-refractivity contribution in [2.24, 2.45) is 5.73 Å². The number of amides is 1. The largest absolute Gasteiger partial charge is 0.326 e. The van der Waals surface area contributed by atoms with E-state index in [0.29, 0.717) is 11.6 Å². The van der Waals surface area contributed by atoms with Gasteiger partial charge in [-0.15, -0.1) is 0 Å². The van der Waals surface area contributed by atoms with Crippen molar-refractivity contribution in [3.8, 4) is 0 Å². The first-order valence-corrected chi connectivity index (χ1v) is 6.22. The molecular formula is C15H13F3N2O. The van der Waals surface area contributed by atoms with Crippen molar-refractivity contribution in [3.63, 3.8) is 0 Å². The number of carbonyl (C=O) groups is 1. The molecule has 0 saturated carbocycles. The molecule has 6 heteroatoms. The molecule has 0 aromatic heterocycles. The molecule has 3 nitrogen and oxygen atoms in total. The molecule has 0 saturated heterocycles. The minimum absolute atomic E-state index is 0.0141. The number of rotatable bonds is 4. The SMILES string of the molecule is NCc1ccc(NC(=O)Cc2ccc(F)cc2F)c(F)c1. The lowest BCUT2D eigenvalue weighted by Gasteiger charge is -2.08. The number of carbonyl (C=O) groups excluding carboxylic acids is 1. The van der Waals surface area contributed by atoms with E-state index in [0.717, 1.165) is 6.07 Å². The highest BCUT2D eigenvalue weighted by Gasteiger charge is 2.11. The van der Waals surface area contributed by atoms with Gasteiger partial charge in [-0.25, -0.2) is 13.2 Å². The van der Waals surface area contributed by atoms with E-state index in [9.17, 15) is 18.0 Å². The van der Waals surface area contributed by atoms with Crippen molar-refractivity contribution in [2.75, 3.05) is 5.32 Å². The Labute approximate surface area is 119 Å². The van der Waals surface area contributed by atoms with Crippen LogP contribution in [0.3, 0.4) is 0 Å². The van der Waals surface area contributed by atoms with Gasteiger partial charge in [-0.3, -0.25) is 4.79 Å². The molecule has 3 N–H and O–H groups in total. The lowest BCUT2D eigenvalue weighted by molar-refractivity contribution is -0.115. The summed E-state index contributed by atoms with van der Waals surface area (Å²) in [5.41, 5.74) is 5.99. The summed E-state index contributed by atoms with van der Waals surface area (Å²) in [5, 5.41) is 2.34. The van der Waals surface area contributed by atoms with Crippen LogP contribution in [0.1, 0.15) is 11.1 Å². The topological polar surface area (TPSA) is 55.1 Å². The van der Waals surface area contributed by atoms with Crippen LogP contribution in [-0.2, 0) is 17.8 Å². The Bertz CT molecular complexity index is 674. The van der Waals surface area contributed by atoms with E-state index >= 15 is 0 Å². The van der Waals surface area contributed by atoms with Gasteiger partial charge >= 0.3 is 0 Å². The Balaban J connectivity index is 2.08. The molecule has 0 bridgehead atoms. The van der Waals surface area contributed by atoms with Gasteiger partial charge in [0.05, 0.1) is 12.1 Å². The standard InChI is InChI=1S/C15H13F3N2O/c16-11-3-2-10(12(17)7-11)6-15(21)20-14-4-1-9(8-19)5-13(14)18/h1-5,7H,6,8,19H2,(H,20,21). The maximum atomic E-state index is 13.7. The van der Waals surface area contributed by atoms with Crippen molar-refractivity contribution in [3.05, 3.63) is 65.0 Å². The zero-order valence-corrected chi connectivity index (χ0v) is 11.0. The van der Waals surface area contributed by atoms with Crippen LogP contribution in [0, 0.1) is 17.5 Å². The maximum Gasteiger partial charge on any atom is 0.228 e. The zero-order chi connectivity index (χ0) is 15.4. The van der Waals surface area contributed by atoms with Crippen molar-refractivity contribution in [1.82, 2.24) is 0 Å². The third kappa shape index (κ3) is 3.82. The monoisotopic (exact) mass is 294 g/mol. The number of nitrogens with two attached hydrogens (primary N) is 1. The molecule has 110 valence electrons. The summed E-state index contributed by atoms with van der Waals surface area (Å²) in [6, 6.07) is 7.11. The first kappa shape index (κ1) is 15.1. The van der Waals surface area contributed by atoms with Gasteiger partial charge in [-0.05, 0) is 29.3 Å². The maximum absolute atomic E-state index is 13.7. The summed E-state index contributed by atoms with van der Waals surface area (Å²) in [5.74, 6) is -2.75. The van der Waals surface area contributed by atoms with Gasteiger partial charge in [0.15, 0.2) is 0 Å². The predicted octanol–water partition coefficient (Wildman–Crippen LogP) is 2.74. The summed E-state index contributed by atoms with van der Waals surface area (Å²) < 4.78 is 39.8. The Kier molecular flexibility index (Phi) is 4.59. The van der Waals surface area contributed by atoms with Gasteiger partial charge < -0.3 is 11.1 Å². The van der Waals surface area contributed by atoms with Gasteiger partial charge in [0.1, 0.15) is 17.5 Å². The van der Waals surface area contributed by atoms with E-state index in [1.54, 1.807) is 6.07 Å². The molecule has 0 aliphatic rings. The number of halogens is 3. The first-order valence-electron chi connectivity index (χ1n) is 6.22. The summed E-state index contributed by atoms with van der Waals surface area (Å²) in [6.45, 7) is 0.186. The highest BCUT2D eigenvalue weighted by Crippen LogP contribution is 2.17. The fourth-order valence-corrected chi connectivity index (χ4v) is 1.82. The summed E-state index contributed by atoms with van der Waals surface area (Å²) in [7, 11) is 0. The van der Waals surface area contributed by atoms with E-state index < -0.39 is 23.4 Å². The van der Waals surface area contributed by atoms with E-state index in [2.05, 4.69) is 5.32 Å². The van der Waals surface area contributed by atoms with Crippen molar-refractivity contribution in [2.45, 2.75) is 13.0 Å². The molecule has 2 aromatic rings. The van der Waals surface area contributed by atoms with Gasteiger partial charge in [0.2, 0.25) is 5.91 Å². The number of benzene rings is 2. The Morgan fingerprint density at radius 1 is 1.05 bits per heavy atom. The molecule has 2 aromatic carbocycles. The van der Waals surface area contributed by atoms with E-state index in [-0.39, 0.29) is 24.2 Å². The third-order valence-corrected chi connectivity index (χ3v) is 2.91. The molecule has 0 spiro atoms. The Morgan fingerprint density at radius 3 is 2.43 bits per heavy atom. The van der Waals surface area contributed by atoms with Crippen LogP contribution in [0.2, 0.25) is 0 Å². The quantitative estimate of drug-likeness (QED) is 0.911. The van der Waals surface area contributed by atoms with E-state index in [1.807, 2.05) is 0 Å². The second-order valence-electron chi connectivity index (χ2n) is 4.48. The summed E-state index contributed by atoms with van der Waals surface area (Å²) in [4.78, 5) is 11.8. The molecule has 0 aliphatic carbocycles. The smallest absolute Gasteiger partial charge is 0.228 e. The number of hydrogen-bond acceptors (Lipinski definition) is 2. The van der Waals surface area contributed by atoms with Crippen molar-refractivity contribution < 1.29 is 18.0 Å². The molecule has 0 fully saturated rings. The van der Waals surface area contributed by atoms with Crippen molar-refractivity contribution >= 4 is 11.6 Å². The van der Waals surface area contributed by atoms with E-state index in [1.165, 1.54) is 18.2 Å². The minimum atomic E-state index is -0.816. The van der Waals surface area contributed by atoms with Crippen LogP contribution >= 0.6 is 0 Å². The lowest BCUT2D eigenvalue weighted by atomic mass is 10.1. The van der Waals surface area contributed by atoms with Gasteiger partial charge in [-0.1, -0.05) is 12.1 Å². The molecule has 0 heterocycles. The van der Waals surface area contributed by atoms with Crippen LogP contribution in [-0.4, -0.2) is 5.91 Å². The second-order valence-corrected chi connectivity index (χ2v) is 4.48. The number of hydrogen-bond donors (Lipinski definition) is 2. The molecule has 0 unspecified atom stereocenters. The fraction of sp³-hybridized carbons (Fsp3) is 0.133. The van der Waals surface area contributed by atoms with Crippen LogP contribution in [0.25, 0.3) is 0 Å². The highest BCUT2D eigenvalue weighted by molar-refractivity contribution is 5.92. The summed E-state index contributed by atoms with van der Waals surface area (Å²) >= 11 is 0. The fourth-order valence-electron chi connectivity index (χ4n) is 1.82. The van der Waals surface area contributed by atoms with Crippen LogP contribution in [0.5, 0.6) is 0 Å². The normalized spacial score (nSPS) is 10.5. The number of nitrogens with one attached hydrogen (secondary N) is 1. The molecule has 0 atom stereocenters. The van der Waals surface area contributed by atoms with Gasteiger partial charge in [-0.2, -0.15) is 0 Å². The predicted molar refractivity (Wildman–Crippen MR) is 73.0 cm³/mol. The van der Waals surface area contributed by atoms with Gasteiger partial charge in [0.25, 0.3) is 0 Å². The molecule has 2 rings (SSSR count). The second kappa shape index (κ2) is 6.41.